The Morgan fingerprint density at radius 2 is 1.94 bits per heavy atom. The number of rotatable bonds is 3. The maximum atomic E-state index is 12.2. The maximum absolute atomic E-state index is 12.2. The lowest BCUT2D eigenvalue weighted by Crippen LogP contribution is -2.54. The first-order chi connectivity index (χ1) is 8.17. The van der Waals surface area contributed by atoms with E-state index in [9.17, 15) is 14.4 Å². The molecule has 0 spiro atoms. The fourth-order valence-corrected chi connectivity index (χ4v) is 3.05. The average molecular weight is 255 g/mol. The lowest BCUT2D eigenvalue weighted by atomic mass is 9.66. The summed E-state index contributed by atoms with van der Waals surface area (Å²) in [5.74, 6) is -2.00. The van der Waals surface area contributed by atoms with Crippen molar-refractivity contribution >= 4 is 17.8 Å². The van der Waals surface area contributed by atoms with Crippen molar-refractivity contribution in [1.29, 1.82) is 0 Å². The van der Waals surface area contributed by atoms with Gasteiger partial charge in [-0.15, -0.1) is 0 Å². The number of carbonyl (C=O) groups excluding carboxylic acids is 2. The van der Waals surface area contributed by atoms with Crippen LogP contribution in [0.5, 0.6) is 0 Å². The van der Waals surface area contributed by atoms with Crippen LogP contribution < -0.4 is 5.32 Å². The molecule has 0 aromatic carbocycles. The Balaban J connectivity index is 2.30. The summed E-state index contributed by atoms with van der Waals surface area (Å²) in [5.41, 5.74) is -2.54. The van der Waals surface area contributed by atoms with Gasteiger partial charge in [0.2, 0.25) is 0 Å². The number of fused-ring (bicyclic) bond motifs is 2. The molecule has 2 unspecified atom stereocenters. The first-order valence-corrected chi connectivity index (χ1v) is 5.91. The molecule has 2 N–H and O–H groups in total. The smallest absolute Gasteiger partial charge is 0.322 e. The summed E-state index contributed by atoms with van der Waals surface area (Å²) >= 11 is 0. The Bertz CT molecular complexity index is 444. The van der Waals surface area contributed by atoms with Crippen LogP contribution in [0.25, 0.3) is 0 Å². The van der Waals surface area contributed by atoms with Crippen molar-refractivity contribution in [2.75, 3.05) is 6.54 Å². The number of esters is 1. The molecule has 2 fully saturated rings. The summed E-state index contributed by atoms with van der Waals surface area (Å²) in [4.78, 5) is 34.6. The molecule has 0 aromatic rings. The van der Waals surface area contributed by atoms with Crippen LogP contribution in [0.2, 0.25) is 0 Å². The minimum Gasteiger partial charge on any atom is -0.480 e. The monoisotopic (exact) mass is 255 g/mol. The first kappa shape index (κ1) is 12.9. The van der Waals surface area contributed by atoms with Gasteiger partial charge in [-0.1, -0.05) is 13.8 Å². The van der Waals surface area contributed by atoms with Crippen LogP contribution in [0.4, 0.5) is 0 Å². The largest absolute Gasteiger partial charge is 0.480 e. The fraction of sp³-hybridized carbons (Fsp3) is 0.750. The minimum absolute atomic E-state index is 0.371. The van der Waals surface area contributed by atoms with Crippen LogP contribution in [-0.2, 0) is 19.1 Å². The standard InChI is InChI=1S/C12H17NO5/c1-10(2)11(3)4-5-12(10,18-9(11)17)8(16)13-6-7(14)15/h4-6H2,1-3H3,(H,13,16)(H,14,15). The summed E-state index contributed by atoms with van der Waals surface area (Å²) in [6.07, 6.45) is 1.02. The Hall–Kier alpha value is -1.59. The third kappa shape index (κ3) is 1.26. The van der Waals surface area contributed by atoms with Crippen molar-refractivity contribution in [2.24, 2.45) is 10.8 Å². The average Bonchev–Trinajstić information content (AvgIpc) is 2.56. The van der Waals surface area contributed by atoms with Gasteiger partial charge in [-0.2, -0.15) is 0 Å². The van der Waals surface area contributed by atoms with Crippen LogP contribution in [0.15, 0.2) is 0 Å². The molecule has 18 heavy (non-hydrogen) atoms. The summed E-state index contributed by atoms with van der Waals surface area (Å²) in [7, 11) is 0. The summed E-state index contributed by atoms with van der Waals surface area (Å²) < 4.78 is 5.32. The lowest BCUT2D eigenvalue weighted by Gasteiger charge is -2.35. The van der Waals surface area contributed by atoms with Gasteiger partial charge in [0.15, 0.2) is 5.60 Å². The number of carbonyl (C=O) groups is 3. The van der Waals surface area contributed by atoms with Crippen LogP contribution in [-0.4, -0.2) is 35.1 Å². The van der Waals surface area contributed by atoms with Crippen molar-refractivity contribution in [1.82, 2.24) is 5.32 Å². The van der Waals surface area contributed by atoms with Crippen molar-refractivity contribution in [3.63, 3.8) is 0 Å². The van der Waals surface area contributed by atoms with Crippen LogP contribution in [0, 0.1) is 10.8 Å². The minimum atomic E-state index is -1.23. The van der Waals surface area contributed by atoms with E-state index in [0.29, 0.717) is 12.8 Å². The zero-order valence-electron chi connectivity index (χ0n) is 10.7. The molecule has 6 heteroatoms. The molecule has 2 atom stereocenters. The second kappa shape index (κ2) is 3.46. The summed E-state index contributed by atoms with van der Waals surface area (Å²) in [6, 6.07) is 0. The molecular weight excluding hydrogens is 238 g/mol. The molecule has 1 saturated carbocycles. The van der Waals surface area contributed by atoms with E-state index in [0.717, 1.165) is 0 Å². The number of hydrogen-bond donors (Lipinski definition) is 2. The van der Waals surface area contributed by atoms with Gasteiger partial charge in [-0.3, -0.25) is 14.4 Å². The molecule has 0 radical (unpaired) electrons. The quantitative estimate of drug-likeness (QED) is 0.708. The summed E-state index contributed by atoms with van der Waals surface area (Å²) in [6.45, 7) is 4.98. The Morgan fingerprint density at radius 3 is 2.33 bits per heavy atom. The highest BCUT2D eigenvalue weighted by Crippen LogP contribution is 2.65. The fourth-order valence-electron chi connectivity index (χ4n) is 3.05. The second-order valence-electron chi connectivity index (χ2n) is 5.75. The Labute approximate surface area is 105 Å². The number of hydrogen-bond acceptors (Lipinski definition) is 4. The van der Waals surface area contributed by atoms with E-state index in [4.69, 9.17) is 9.84 Å². The third-order valence-electron chi connectivity index (χ3n) is 4.85. The number of carboxylic acids is 1. The molecule has 1 amide bonds. The lowest BCUT2D eigenvalue weighted by molar-refractivity contribution is -0.168. The van der Waals surface area contributed by atoms with E-state index >= 15 is 0 Å². The molecule has 1 heterocycles. The number of amides is 1. The highest BCUT2D eigenvalue weighted by Gasteiger charge is 2.75. The topological polar surface area (TPSA) is 92.7 Å². The Morgan fingerprint density at radius 1 is 1.33 bits per heavy atom. The second-order valence-corrected chi connectivity index (χ2v) is 5.75. The number of carboxylic acid groups (broad SMARTS) is 1. The van der Waals surface area contributed by atoms with Gasteiger partial charge in [0, 0.05) is 5.41 Å². The number of nitrogens with one attached hydrogen (secondary N) is 1. The van der Waals surface area contributed by atoms with E-state index < -0.39 is 34.9 Å². The molecule has 1 saturated heterocycles. The van der Waals surface area contributed by atoms with Gasteiger partial charge in [0.05, 0.1) is 5.41 Å². The predicted molar refractivity (Wildman–Crippen MR) is 60.6 cm³/mol. The number of ether oxygens (including phenoxy) is 1. The maximum Gasteiger partial charge on any atom is 0.322 e. The highest BCUT2D eigenvalue weighted by molar-refractivity contribution is 5.97. The molecule has 2 rings (SSSR count). The zero-order chi connectivity index (χ0) is 13.8. The van der Waals surface area contributed by atoms with Crippen molar-refractivity contribution in [3.8, 4) is 0 Å². The molecule has 2 aliphatic rings. The SMILES string of the molecule is CC12CCC(C(=O)NCC(=O)O)(OC1=O)C2(C)C. The highest BCUT2D eigenvalue weighted by atomic mass is 16.6. The molecule has 6 nitrogen and oxygen atoms in total. The van der Waals surface area contributed by atoms with E-state index in [-0.39, 0.29) is 5.97 Å². The van der Waals surface area contributed by atoms with Gasteiger partial charge in [-0.25, -0.2) is 0 Å². The first-order valence-electron chi connectivity index (χ1n) is 5.91. The van der Waals surface area contributed by atoms with Crippen LogP contribution in [0.3, 0.4) is 0 Å². The number of aliphatic carboxylic acids is 1. The van der Waals surface area contributed by atoms with Crippen LogP contribution >= 0.6 is 0 Å². The third-order valence-corrected chi connectivity index (χ3v) is 4.85. The van der Waals surface area contributed by atoms with E-state index in [1.807, 2.05) is 13.8 Å². The van der Waals surface area contributed by atoms with E-state index in [1.165, 1.54) is 0 Å². The predicted octanol–water partition coefficient (Wildman–Crippen LogP) is 0.309. The van der Waals surface area contributed by atoms with Crippen molar-refractivity contribution in [2.45, 2.75) is 39.2 Å². The molecule has 100 valence electrons. The van der Waals surface area contributed by atoms with Gasteiger partial charge in [0.25, 0.3) is 5.91 Å². The molecule has 0 aromatic heterocycles. The van der Waals surface area contributed by atoms with Gasteiger partial charge < -0.3 is 15.2 Å². The van der Waals surface area contributed by atoms with Crippen molar-refractivity contribution < 1.29 is 24.2 Å². The van der Waals surface area contributed by atoms with E-state index in [2.05, 4.69) is 5.32 Å². The molecule has 2 bridgehead atoms. The van der Waals surface area contributed by atoms with Gasteiger partial charge >= 0.3 is 11.9 Å². The normalized spacial score (nSPS) is 36.3. The molecular formula is C12H17NO5. The van der Waals surface area contributed by atoms with Crippen LogP contribution in [0.1, 0.15) is 33.6 Å². The molecule has 1 aliphatic carbocycles. The molecule has 1 aliphatic heterocycles. The van der Waals surface area contributed by atoms with E-state index in [1.54, 1.807) is 6.92 Å². The zero-order valence-corrected chi connectivity index (χ0v) is 10.7. The Kier molecular flexibility index (Phi) is 2.47. The van der Waals surface area contributed by atoms with Crippen molar-refractivity contribution in [3.05, 3.63) is 0 Å². The summed E-state index contributed by atoms with van der Waals surface area (Å²) in [5, 5.41) is 10.9. The van der Waals surface area contributed by atoms with Gasteiger partial charge in [0.1, 0.15) is 6.54 Å². The van der Waals surface area contributed by atoms with Gasteiger partial charge in [-0.05, 0) is 19.8 Å².